The summed E-state index contributed by atoms with van der Waals surface area (Å²) in [6, 6.07) is 6.77. The van der Waals surface area contributed by atoms with Gasteiger partial charge in [0.15, 0.2) is 0 Å². The van der Waals surface area contributed by atoms with Crippen LogP contribution >= 0.6 is 15.9 Å². The van der Waals surface area contributed by atoms with E-state index in [4.69, 9.17) is 0 Å². The second-order valence-electron chi connectivity index (χ2n) is 4.61. The molecule has 4 nitrogen and oxygen atoms in total. The first-order chi connectivity index (χ1) is 8.87. The van der Waals surface area contributed by atoms with Crippen LogP contribution in [0.4, 0.5) is 0 Å². The molecule has 0 aliphatic heterocycles. The van der Waals surface area contributed by atoms with Gasteiger partial charge in [0.2, 0.25) is 10.0 Å². The van der Waals surface area contributed by atoms with Gasteiger partial charge in [-0.2, -0.15) is 4.31 Å². The van der Waals surface area contributed by atoms with E-state index in [0.717, 1.165) is 17.4 Å². The quantitative estimate of drug-likeness (QED) is 0.759. The van der Waals surface area contributed by atoms with E-state index in [9.17, 15) is 8.42 Å². The highest BCUT2D eigenvalue weighted by atomic mass is 79.9. The summed E-state index contributed by atoms with van der Waals surface area (Å²) in [5, 5.41) is 0. The van der Waals surface area contributed by atoms with E-state index in [-0.39, 0.29) is 0 Å². The molecule has 0 aliphatic rings. The average molecular weight is 349 g/mol. The molecule has 0 saturated heterocycles. The zero-order valence-corrected chi connectivity index (χ0v) is 14.0. The summed E-state index contributed by atoms with van der Waals surface area (Å²) in [5.41, 5.74) is 0. The van der Waals surface area contributed by atoms with Crippen LogP contribution in [0.25, 0.3) is 0 Å². The van der Waals surface area contributed by atoms with E-state index in [0.29, 0.717) is 18.0 Å². The lowest BCUT2D eigenvalue weighted by Crippen LogP contribution is -2.33. The van der Waals surface area contributed by atoms with Crippen LogP contribution in [0, 0.1) is 0 Å². The third-order valence-corrected chi connectivity index (χ3v) is 5.33. The summed E-state index contributed by atoms with van der Waals surface area (Å²) in [6.07, 6.45) is 0.830. The maximum atomic E-state index is 12.4. The average Bonchev–Trinajstić information content (AvgIpc) is 2.34. The van der Waals surface area contributed by atoms with Crippen molar-refractivity contribution in [1.29, 1.82) is 0 Å². The van der Waals surface area contributed by atoms with Gasteiger partial charge in [0.25, 0.3) is 0 Å². The Morgan fingerprint density at radius 3 is 2.16 bits per heavy atom. The molecule has 108 valence electrons. The summed E-state index contributed by atoms with van der Waals surface area (Å²) in [6.45, 7) is 3.79. The molecule has 0 heterocycles. The molecule has 1 aromatic carbocycles. The molecule has 0 aromatic heterocycles. The molecular formula is C13H21BrN2O2S. The summed E-state index contributed by atoms with van der Waals surface area (Å²) >= 11 is 3.31. The predicted molar refractivity (Wildman–Crippen MR) is 81.7 cm³/mol. The fourth-order valence-corrected chi connectivity index (χ4v) is 3.52. The van der Waals surface area contributed by atoms with Crippen LogP contribution in [0.1, 0.15) is 13.3 Å². The lowest BCUT2D eigenvalue weighted by atomic mass is 10.4. The first kappa shape index (κ1) is 16.6. The second kappa shape index (κ2) is 7.38. The molecule has 0 saturated carbocycles. The highest BCUT2D eigenvalue weighted by Gasteiger charge is 2.22. The number of halogens is 1. The Balaban J connectivity index is 2.80. The molecule has 0 aliphatic carbocycles. The Kier molecular flexibility index (Phi) is 6.46. The van der Waals surface area contributed by atoms with Crippen molar-refractivity contribution in [2.24, 2.45) is 0 Å². The Hall–Kier alpha value is -0.430. The Bertz CT molecular complexity index is 486. The van der Waals surface area contributed by atoms with Crippen molar-refractivity contribution >= 4 is 26.0 Å². The van der Waals surface area contributed by atoms with E-state index in [1.807, 2.05) is 21.0 Å². The lowest BCUT2D eigenvalue weighted by molar-refractivity contribution is 0.356. The third kappa shape index (κ3) is 4.87. The van der Waals surface area contributed by atoms with E-state index in [2.05, 4.69) is 20.8 Å². The highest BCUT2D eigenvalue weighted by molar-refractivity contribution is 9.10. The molecule has 0 unspecified atom stereocenters. The zero-order valence-electron chi connectivity index (χ0n) is 11.6. The number of sulfonamides is 1. The van der Waals surface area contributed by atoms with Gasteiger partial charge in [-0.1, -0.05) is 22.9 Å². The van der Waals surface area contributed by atoms with E-state index in [1.165, 1.54) is 4.31 Å². The Morgan fingerprint density at radius 2 is 1.68 bits per heavy atom. The predicted octanol–water partition coefficient (Wildman–Crippen LogP) is 2.41. The van der Waals surface area contributed by atoms with Crippen LogP contribution in [0.15, 0.2) is 33.6 Å². The minimum Gasteiger partial charge on any atom is -0.309 e. The van der Waals surface area contributed by atoms with E-state index in [1.54, 1.807) is 24.3 Å². The topological polar surface area (TPSA) is 40.6 Å². The second-order valence-corrected chi connectivity index (χ2v) is 7.46. The molecule has 0 spiro atoms. The van der Waals surface area contributed by atoms with Gasteiger partial charge in [0, 0.05) is 17.6 Å². The minimum absolute atomic E-state index is 0.349. The molecule has 1 rings (SSSR count). The fourth-order valence-electron chi connectivity index (χ4n) is 1.77. The highest BCUT2D eigenvalue weighted by Crippen LogP contribution is 2.18. The third-order valence-electron chi connectivity index (χ3n) is 2.82. The Labute approximate surface area is 124 Å². The van der Waals surface area contributed by atoms with Gasteiger partial charge in [-0.05, 0) is 51.3 Å². The van der Waals surface area contributed by atoms with E-state index < -0.39 is 10.0 Å². The fraction of sp³-hybridized carbons (Fsp3) is 0.538. The van der Waals surface area contributed by atoms with Crippen molar-refractivity contribution < 1.29 is 8.42 Å². The maximum Gasteiger partial charge on any atom is 0.243 e. The van der Waals surface area contributed by atoms with Gasteiger partial charge in [-0.3, -0.25) is 0 Å². The molecular weight excluding hydrogens is 328 g/mol. The summed E-state index contributed by atoms with van der Waals surface area (Å²) in [7, 11) is 0.599. The maximum absolute atomic E-state index is 12.4. The molecule has 0 amide bonds. The van der Waals surface area contributed by atoms with Gasteiger partial charge >= 0.3 is 0 Å². The van der Waals surface area contributed by atoms with Crippen molar-refractivity contribution in [3.63, 3.8) is 0 Å². The first-order valence-corrected chi connectivity index (χ1v) is 8.51. The minimum atomic E-state index is -3.37. The number of hydrogen-bond acceptors (Lipinski definition) is 3. The van der Waals surface area contributed by atoms with Crippen molar-refractivity contribution in [1.82, 2.24) is 9.21 Å². The summed E-state index contributed by atoms with van der Waals surface area (Å²) < 4.78 is 27.3. The van der Waals surface area contributed by atoms with E-state index >= 15 is 0 Å². The van der Waals surface area contributed by atoms with Gasteiger partial charge in [0.05, 0.1) is 4.90 Å². The number of benzene rings is 1. The Morgan fingerprint density at radius 1 is 1.11 bits per heavy atom. The molecule has 0 bridgehead atoms. The van der Waals surface area contributed by atoms with Crippen LogP contribution in [0.2, 0.25) is 0 Å². The summed E-state index contributed by atoms with van der Waals surface area (Å²) in [4.78, 5) is 2.41. The molecule has 1 aromatic rings. The standard InChI is InChI=1S/C13H21BrN2O2S/c1-4-16(11-5-10-15(2)3)19(17,18)13-8-6-12(14)7-9-13/h6-9H,4-5,10-11H2,1-3H3. The largest absolute Gasteiger partial charge is 0.309 e. The van der Waals surface area contributed by atoms with Crippen molar-refractivity contribution in [2.45, 2.75) is 18.2 Å². The number of hydrogen-bond donors (Lipinski definition) is 0. The molecule has 0 fully saturated rings. The SMILES string of the molecule is CCN(CCCN(C)C)S(=O)(=O)c1ccc(Br)cc1. The molecule has 19 heavy (non-hydrogen) atoms. The van der Waals surface area contributed by atoms with Gasteiger partial charge in [-0.25, -0.2) is 8.42 Å². The lowest BCUT2D eigenvalue weighted by Gasteiger charge is -2.21. The summed E-state index contributed by atoms with van der Waals surface area (Å²) in [5.74, 6) is 0. The van der Waals surface area contributed by atoms with Crippen molar-refractivity contribution in [3.05, 3.63) is 28.7 Å². The monoisotopic (exact) mass is 348 g/mol. The smallest absolute Gasteiger partial charge is 0.243 e. The van der Waals surface area contributed by atoms with Crippen LogP contribution < -0.4 is 0 Å². The van der Waals surface area contributed by atoms with Crippen LogP contribution in [0.3, 0.4) is 0 Å². The molecule has 0 N–H and O–H groups in total. The van der Waals surface area contributed by atoms with Crippen molar-refractivity contribution in [3.8, 4) is 0 Å². The normalized spacial score (nSPS) is 12.3. The number of nitrogens with zero attached hydrogens (tertiary/aromatic N) is 2. The molecule has 0 radical (unpaired) electrons. The van der Waals surface area contributed by atoms with Crippen LogP contribution in [-0.4, -0.2) is 51.4 Å². The van der Waals surface area contributed by atoms with Gasteiger partial charge < -0.3 is 4.90 Å². The van der Waals surface area contributed by atoms with Gasteiger partial charge in [0.1, 0.15) is 0 Å². The van der Waals surface area contributed by atoms with Crippen molar-refractivity contribution in [2.75, 3.05) is 33.7 Å². The molecule has 0 atom stereocenters. The number of rotatable bonds is 7. The van der Waals surface area contributed by atoms with Crippen LogP contribution in [0.5, 0.6) is 0 Å². The first-order valence-electron chi connectivity index (χ1n) is 6.28. The van der Waals surface area contributed by atoms with Gasteiger partial charge in [-0.15, -0.1) is 0 Å². The molecule has 6 heteroatoms. The zero-order chi connectivity index (χ0) is 14.5. The van der Waals surface area contributed by atoms with Crippen LogP contribution in [-0.2, 0) is 10.0 Å².